The maximum absolute atomic E-state index is 12.7. The van der Waals surface area contributed by atoms with E-state index in [0.29, 0.717) is 5.91 Å². The number of nitrogens with zero attached hydrogens (tertiary/aromatic N) is 2. The number of rotatable bonds is 2. The first-order valence-corrected chi connectivity index (χ1v) is 8.08. The summed E-state index contributed by atoms with van der Waals surface area (Å²) < 4.78 is 0. The molecule has 1 aromatic heterocycles. The number of carbonyl (C=O) groups is 1. The number of benzene rings is 1. The largest absolute Gasteiger partial charge is 0.340 e. The highest BCUT2D eigenvalue weighted by atomic mass is 16.2. The normalized spacial score (nSPS) is 23.2. The van der Waals surface area contributed by atoms with Crippen molar-refractivity contribution in [3.05, 3.63) is 30.1 Å². The van der Waals surface area contributed by atoms with Gasteiger partial charge in [-0.25, -0.2) is 4.98 Å². The average Bonchev–Trinajstić information content (AvgIpc) is 3.24. The summed E-state index contributed by atoms with van der Waals surface area (Å²) >= 11 is 0. The highest BCUT2D eigenvalue weighted by Crippen LogP contribution is 2.35. The van der Waals surface area contributed by atoms with Crippen LogP contribution in [0.1, 0.15) is 50.4 Å². The number of imidazole rings is 1. The predicted molar refractivity (Wildman–Crippen MR) is 81.7 cm³/mol. The van der Waals surface area contributed by atoms with E-state index in [1.54, 1.807) is 0 Å². The third-order valence-corrected chi connectivity index (χ3v) is 4.96. The number of hydrogen-bond acceptors (Lipinski definition) is 2. The van der Waals surface area contributed by atoms with Crippen LogP contribution in [-0.2, 0) is 4.79 Å². The maximum atomic E-state index is 12.7. The molecule has 1 saturated carbocycles. The molecule has 2 aliphatic rings. The van der Waals surface area contributed by atoms with Crippen LogP contribution in [0.2, 0.25) is 0 Å². The van der Waals surface area contributed by atoms with E-state index >= 15 is 0 Å². The van der Waals surface area contributed by atoms with Gasteiger partial charge >= 0.3 is 0 Å². The molecule has 4 nitrogen and oxygen atoms in total. The van der Waals surface area contributed by atoms with Crippen molar-refractivity contribution in [1.82, 2.24) is 14.9 Å². The molecule has 110 valence electrons. The van der Waals surface area contributed by atoms with Crippen molar-refractivity contribution in [2.24, 2.45) is 5.92 Å². The van der Waals surface area contributed by atoms with Gasteiger partial charge < -0.3 is 9.88 Å². The van der Waals surface area contributed by atoms with E-state index in [1.165, 1.54) is 12.8 Å². The number of amides is 1. The SMILES string of the molecule is O=C(C1CCCC1)N1CCCC1c1nc2ccccc2[nH]1. The van der Waals surface area contributed by atoms with Crippen LogP contribution in [0.3, 0.4) is 0 Å². The molecule has 0 bridgehead atoms. The monoisotopic (exact) mass is 283 g/mol. The molecule has 2 fully saturated rings. The fraction of sp³-hybridized carbons (Fsp3) is 0.529. The van der Waals surface area contributed by atoms with Gasteiger partial charge in [-0.15, -0.1) is 0 Å². The van der Waals surface area contributed by atoms with Crippen LogP contribution in [-0.4, -0.2) is 27.3 Å². The van der Waals surface area contributed by atoms with Crippen LogP contribution in [0.15, 0.2) is 24.3 Å². The Kier molecular flexibility index (Phi) is 3.17. The molecule has 1 aliphatic carbocycles. The first kappa shape index (κ1) is 12.9. The molecule has 1 amide bonds. The van der Waals surface area contributed by atoms with Gasteiger partial charge in [0.15, 0.2) is 0 Å². The Morgan fingerprint density at radius 3 is 2.76 bits per heavy atom. The van der Waals surface area contributed by atoms with E-state index in [2.05, 4.69) is 9.88 Å². The fourth-order valence-electron chi connectivity index (χ4n) is 3.85. The summed E-state index contributed by atoms with van der Waals surface area (Å²) in [5, 5.41) is 0. The summed E-state index contributed by atoms with van der Waals surface area (Å²) in [6, 6.07) is 8.23. The van der Waals surface area contributed by atoms with E-state index in [1.807, 2.05) is 24.3 Å². The van der Waals surface area contributed by atoms with Gasteiger partial charge in [0.1, 0.15) is 5.82 Å². The van der Waals surface area contributed by atoms with Crippen molar-refractivity contribution in [2.75, 3.05) is 6.54 Å². The summed E-state index contributed by atoms with van der Waals surface area (Å²) in [6.07, 6.45) is 6.67. The average molecular weight is 283 g/mol. The summed E-state index contributed by atoms with van der Waals surface area (Å²) in [4.78, 5) is 22.9. The minimum Gasteiger partial charge on any atom is -0.340 e. The van der Waals surface area contributed by atoms with Crippen LogP contribution < -0.4 is 0 Å². The highest BCUT2D eigenvalue weighted by molar-refractivity contribution is 5.80. The highest BCUT2D eigenvalue weighted by Gasteiger charge is 2.36. The standard InChI is InChI=1S/C17H21N3O/c21-17(12-6-1-2-7-12)20-11-5-10-15(20)16-18-13-8-3-4-9-14(13)19-16/h3-4,8-9,12,15H,1-2,5-7,10-11H2,(H,18,19). The molecule has 0 spiro atoms. The Morgan fingerprint density at radius 1 is 1.14 bits per heavy atom. The summed E-state index contributed by atoms with van der Waals surface area (Å²) in [6.45, 7) is 0.886. The molecule has 4 heteroatoms. The van der Waals surface area contributed by atoms with Gasteiger partial charge in [0.25, 0.3) is 0 Å². The fourth-order valence-corrected chi connectivity index (χ4v) is 3.85. The molecular formula is C17H21N3O. The van der Waals surface area contributed by atoms with Crippen molar-refractivity contribution >= 4 is 16.9 Å². The number of likely N-dealkylation sites (tertiary alicyclic amines) is 1. The predicted octanol–water partition coefficient (Wildman–Crippen LogP) is 3.42. The summed E-state index contributed by atoms with van der Waals surface area (Å²) in [5.74, 6) is 1.57. The summed E-state index contributed by atoms with van der Waals surface area (Å²) in [7, 11) is 0. The van der Waals surface area contributed by atoms with Crippen LogP contribution >= 0.6 is 0 Å². The van der Waals surface area contributed by atoms with Crippen molar-refractivity contribution in [3.8, 4) is 0 Å². The third-order valence-electron chi connectivity index (χ3n) is 4.96. The topological polar surface area (TPSA) is 49.0 Å². The number of aromatic nitrogens is 2. The van der Waals surface area contributed by atoms with E-state index < -0.39 is 0 Å². The molecule has 21 heavy (non-hydrogen) atoms. The molecule has 2 heterocycles. The van der Waals surface area contributed by atoms with Crippen LogP contribution in [0.5, 0.6) is 0 Å². The van der Waals surface area contributed by atoms with Gasteiger partial charge in [-0.2, -0.15) is 0 Å². The zero-order chi connectivity index (χ0) is 14.2. The molecule has 0 radical (unpaired) electrons. The first-order chi connectivity index (χ1) is 10.3. The van der Waals surface area contributed by atoms with E-state index in [9.17, 15) is 4.79 Å². The molecular weight excluding hydrogens is 262 g/mol. The molecule has 1 aromatic carbocycles. The number of aromatic amines is 1. The second kappa shape index (κ2) is 5.17. The van der Waals surface area contributed by atoms with Crippen molar-refractivity contribution in [1.29, 1.82) is 0 Å². The molecule has 1 unspecified atom stereocenters. The molecule has 1 aliphatic heterocycles. The van der Waals surface area contributed by atoms with Gasteiger partial charge in [0, 0.05) is 12.5 Å². The van der Waals surface area contributed by atoms with E-state index in [4.69, 9.17) is 4.98 Å². The van der Waals surface area contributed by atoms with Crippen molar-refractivity contribution < 1.29 is 4.79 Å². The van der Waals surface area contributed by atoms with Gasteiger partial charge in [-0.1, -0.05) is 25.0 Å². The lowest BCUT2D eigenvalue weighted by Gasteiger charge is -2.26. The minimum absolute atomic E-state index is 0.144. The Labute approximate surface area is 124 Å². The zero-order valence-corrected chi connectivity index (χ0v) is 12.2. The Bertz CT molecular complexity index is 624. The number of hydrogen-bond donors (Lipinski definition) is 1. The molecule has 1 saturated heterocycles. The van der Waals surface area contributed by atoms with E-state index in [-0.39, 0.29) is 12.0 Å². The third kappa shape index (κ3) is 2.23. The lowest BCUT2D eigenvalue weighted by Crippen LogP contribution is -2.35. The second-order valence-electron chi connectivity index (χ2n) is 6.31. The lowest BCUT2D eigenvalue weighted by molar-refractivity contribution is -0.136. The van der Waals surface area contributed by atoms with Crippen molar-refractivity contribution in [3.63, 3.8) is 0 Å². The van der Waals surface area contributed by atoms with Gasteiger partial charge in [-0.05, 0) is 37.8 Å². The zero-order valence-electron chi connectivity index (χ0n) is 12.2. The number of carbonyl (C=O) groups excluding carboxylic acids is 1. The molecule has 1 N–H and O–H groups in total. The van der Waals surface area contributed by atoms with Gasteiger partial charge in [-0.3, -0.25) is 4.79 Å². The van der Waals surface area contributed by atoms with Crippen LogP contribution in [0.25, 0.3) is 11.0 Å². The lowest BCUT2D eigenvalue weighted by atomic mass is 10.1. The maximum Gasteiger partial charge on any atom is 0.226 e. The Morgan fingerprint density at radius 2 is 1.95 bits per heavy atom. The molecule has 2 aromatic rings. The summed E-state index contributed by atoms with van der Waals surface area (Å²) in [5.41, 5.74) is 2.06. The van der Waals surface area contributed by atoms with Gasteiger partial charge in [0.05, 0.1) is 17.1 Å². The molecule has 4 rings (SSSR count). The second-order valence-corrected chi connectivity index (χ2v) is 6.31. The van der Waals surface area contributed by atoms with Crippen molar-refractivity contribution in [2.45, 2.75) is 44.6 Å². The van der Waals surface area contributed by atoms with E-state index in [0.717, 1.165) is 49.1 Å². The van der Waals surface area contributed by atoms with Crippen LogP contribution in [0.4, 0.5) is 0 Å². The quantitative estimate of drug-likeness (QED) is 0.918. The Balaban J connectivity index is 1.62. The minimum atomic E-state index is 0.144. The first-order valence-electron chi connectivity index (χ1n) is 8.08. The number of fused-ring (bicyclic) bond motifs is 1. The number of nitrogens with one attached hydrogen (secondary N) is 1. The number of para-hydroxylation sites is 2. The van der Waals surface area contributed by atoms with Crippen LogP contribution in [0, 0.1) is 5.92 Å². The molecule has 1 atom stereocenters. The Hall–Kier alpha value is -1.84. The smallest absolute Gasteiger partial charge is 0.226 e. The number of H-pyrrole nitrogens is 1. The van der Waals surface area contributed by atoms with Gasteiger partial charge in [0.2, 0.25) is 5.91 Å².